The van der Waals surface area contributed by atoms with Gasteiger partial charge in [-0.15, -0.1) is 0 Å². The molecule has 2 heteroatoms. The molecule has 388 valence electrons. The normalized spacial score (nSPS) is 12.0. The van der Waals surface area contributed by atoms with Crippen molar-refractivity contribution in [3.05, 3.63) is 303 Å². The van der Waals surface area contributed by atoms with Gasteiger partial charge in [-0.05, 0) is 187 Å². The summed E-state index contributed by atoms with van der Waals surface area (Å²) in [4.78, 5) is 0. The van der Waals surface area contributed by atoms with Crippen LogP contribution in [0.5, 0.6) is 0 Å². The van der Waals surface area contributed by atoms with Crippen LogP contribution in [0.1, 0.15) is 0 Å². The molecule has 0 bridgehead atoms. The standard InChI is InChI=1S/C82H50N2/c1-2-18-53(19-3-1)80-69-27-11-10-26-68(69)79(55-32-41-61(42-33-55)84-76-46-37-51-16-4-7-21-63(51)81(76)82-64-22-8-5-17-52(64)38-47-77(82)84)71-44-35-57(49-73(71)80)56-34-43-62-59(48-56)36-45-70-72(62)50-58-20-6-9-23-65(58)78(70)54-30-39-60(40-31-54)83-74-28-14-12-24-66(74)67-25-13-15-29-75(67)83/h1-50H. The molecule has 2 heterocycles. The van der Waals surface area contributed by atoms with Gasteiger partial charge in [0.15, 0.2) is 0 Å². The first-order valence-corrected chi connectivity index (χ1v) is 29.1. The van der Waals surface area contributed by atoms with E-state index in [1.54, 1.807) is 0 Å². The number of benzene rings is 16. The van der Waals surface area contributed by atoms with E-state index in [2.05, 4.69) is 312 Å². The van der Waals surface area contributed by atoms with E-state index < -0.39 is 0 Å². The lowest BCUT2D eigenvalue weighted by Gasteiger charge is -2.19. The number of aromatic nitrogens is 2. The van der Waals surface area contributed by atoms with Gasteiger partial charge in [0.25, 0.3) is 0 Å². The maximum Gasteiger partial charge on any atom is 0.0547 e. The van der Waals surface area contributed by atoms with Crippen LogP contribution in [0.4, 0.5) is 0 Å². The first-order valence-electron chi connectivity index (χ1n) is 29.1. The summed E-state index contributed by atoms with van der Waals surface area (Å²) in [6.45, 7) is 0. The van der Waals surface area contributed by atoms with E-state index in [1.807, 2.05) is 0 Å². The molecule has 0 saturated heterocycles. The zero-order valence-corrected chi connectivity index (χ0v) is 45.8. The van der Waals surface area contributed by atoms with Crippen molar-refractivity contribution in [2.45, 2.75) is 0 Å². The van der Waals surface area contributed by atoms with E-state index in [0.717, 1.165) is 11.4 Å². The van der Waals surface area contributed by atoms with Crippen LogP contribution in [0, 0.1) is 0 Å². The number of rotatable bonds is 6. The van der Waals surface area contributed by atoms with E-state index in [4.69, 9.17) is 0 Å². The Hall–Kier alpha value is -11.1. The maximum atomic E-state index is 2.47. The first kappa shape index (κ1) is 46.7. The van der Waals surface area contributed by atoms with Crippen LogP contribution < -0.4 is 0 Å². The Morgan fingerprint density at radius 3 is 1.13 bits per heavy atom. The van der Waals surface area contributed by atoms with Crippen molar-refractivity contribution in [2.75, 3.05) is 0 Å². The highest BCUT2D eigenvalue weighted by Crippen LogP contribution is 2.48. The molecule has 0 N–H and O–H groups in total. The third-order valence-electron chi connectivity index (χ3n) is 18.2. The van der Waals surface area contributed by atoms with E-state index in [1.165, 1.54) is 164 Å². The summed E-state index contributed by atoms with van der Waals surface area (Å²) < 4.78 is 4.86. The number of para-hydroxylation sites is 2. The van der Waals surface area contributed by atoms with Crippen LogP contribution in [0.2, 0.25) is 0 Å². The predicted octanol–water partition coefficient (Wildman–Crippen LogP) is 22.6. The van der Waals surface area contributed by atoms with Crippen LogP contribution in [-0.4, -0.2) is 9.13 Å². The second-order valence-corrected chi connectivity index (χ2v) is 22.7. The van der Waals surface area contributed by atoms with Crippen LogP contribution >= 0.6 is 0 Å². The van der Waals surface area contributed by atoms with E-state index >= 15 is 0 Å². The van der Waals surface area contributed by atoms with Crippen molar-refractivity contribution in [1.82, 2.24) is 9.13 Å². The largest absolute Gasteiger partial charge is 0.309 e. The minimum Gasteiger partial charge on any atom is -0.309 e. The molecule has 0 aliphatic rings. The van der Waals surface area contributed by atoms with Gasteiger partial charge in [-0.3, -0.25) is 0 Å². The molecule has 0 atom stereocenters. The van der Waals surface area contributed by atoms with Gasteiger partial charge >= 0.3 is 0 Å². The highest BCUT2D eigenvalue weighted by molar-refractivity contribution is 6.29. The second kappa shape index (κ2) is 18.2. The fourth-order valence-electron chi connectivity index (χ4n) is 14.5. The van der Waals surface area contributed by atoms with Crippen molar-refractivity contribution in [3.63, 3.8) is 0 Å². The molecule has 0 saturated carbocycles. The molecule has 0 radical (unpaired) electrons. The fraction of sp³-hybridized carbons (Fsp3) is 0. The summed E-state index contributed by atoms with van der Waals surface area (Å²) in [6, 6.07) is 113. The van der Waals surface area contributed by atoms with Crippen LogP contribution in [0.3, 0.4) is 0 Å². The van der Waals surface area contributed by atoms with Crippen LogP contribution in [0.15, 0.2) is 303 Å². The third-order valence-corrected chi connectivity index (χ3v) is 18.2. The predicted molar refractivity (Wildman–Crippen MR) is 359 cm³/mol. The molecule has 2 aromatic heterocycles. The summed E-state index contributed by atoms with van der Waals surface area (Å²) in [6.07, 6.45) is 0. The SMILES string of the molecule is c1ccc(-c2c3ccccc3c(-c3ccc(-n4c5ccc6ccccc6c5c5c6ccccc6ccc54)cc3)c3ccc(-c4ccc5c(ccc6c(-c7ccc(-n8c9ccccc9c9ccccc98)cc7)c7ccccc7cc65)c4)cc23)cc1. The van der Waals surface area contributed by atoms with Gasteiger partial charge < -0.3 is 9.13 Å². The molecule has 0 amide bonds. The van der Waals surface area contributed by atoms with Gasteiger partial charge in [0.05, 0.1) is 22.1 Å². The summed E-state index contributed by atoms with van der Waals surface area (Å²) in [5, 5.41) is 22.6. The lowest BCUT2D eigenvalue weighted by atomic mass is 9.84. The van der Waals surface area contributed by atoms with Gasteiger partial charge in [-0.2, -0.15) is 0 Å². The molecule has 84 heavy (non-hydrogen) atoms. The van der Waals surface area contributed by atoms with Crippen molar-refractivity contribution < 1.29 is 0 Å². The van der Waals surface area contributed by atoms with Crippen molar-refractivity contribution in [1.29, 1.82) is 0 Å². The van der Waals surface area contributed by atoms with E-state index in [9.17, 15) is 0 Å². The maximum absolute atomic E-state index is 2.47. The average Bonchev–Trinajstić information content (AvgIpc) is 4.09. The van der Waals surface area contributed by atoms with Gasteiger partial charge in [0.1, 0.15) is 0 Å². The summed E-state index contributed by atoms with van der Waals surface area (Å²) in [5.74, 6) is 0. The third kappa shape index (κ3) is 6.92. The van der Waals surface area contributed by atoms with Gasteiger partial charge in [0, 0.05) is 32.9 Å². The van der Waals surface area contributed by atoms with E-state index in [0.29, 0.717) is 0 Å². The molecule has 2 nitrogen and oxygen atoms in total. The lowest BCUT2D eigenvalue weighted by molar-refractivity contribution is 1.18. The molecule has 0 unspecified atom stereocenters. The quantitative estimate of drug-likeness (QED) is 0.116. The minimum absolute atomic E-state index is 1.14. The second-order valence-electron chi connectivity index (χ2n) is 22.7. The Balaban J connectivity index is 0.776. The fourth-order valence-corrected chi connectivity index (χ4v) is 14.5. The molecule has 0 spiro atoms. The van der Waals surface area contributed by atoms with Gasteiger partial charge in [-0.25, -0.2) is 0 Å². The number of nitrogens with zero attached hydrogens (tertiary/aromatic N) is 2. The average molecular weight is 1060 g/mol. The number of fused-ring (bicyclic) bond motifs is 16. The lowest BCUT2D eigenvalue weighted by Crippen LogP contribution is -1.95. The smallest absolute Gasteiger partial charge is 0.0547 e. The molecule has 18 aromatic rings. The minimum atomic E-state index is 1.14. The van der Waals surface area contributed by atoms with Crippen molar-refractivity contribution in [2.24, 2.45) is 0 Å². The van der Waals surface area contributed by atoms with Crippen LogP contribution in [0.25, 0.3) is 175 Å². The van der Waals surface area contributed by atoms with Gasteiger partial charge in [0.2, 0.25) is 0 Å². The summed E-state index contributed by atoms with van der Waals surface area (Å²) in [5.41, 5.74) is 16.9. The zero-order chi connectivity index (χ0) is 55.0. The highest BCUT2D eigenvalue weighted by atomic mass is 15.0. The first-order chi connectivity index (χ1) is 41.7. The van der Waals surface area contributed by atoms with Gasteiger partial charge in [-0.1, -0.05) is 237 Å². The summed E-state index contributed by atoms with van der Waals surface area (Å²) in [7, 11) is 0. The Bertz CT molecular complexity index is 5620. The van der Waals surface area contributed by atoms with Crippen LogP contribution in [-0.2, 0) is 0 Å². The number of hydrogen-bond acceptors (Lipinski definition) is 0. The Kier molecular flexibility index (Phi) is 10.1. The van der Waals surface area contributed by atoms with Crippen molar-refractivity contribution in [3.8, 4) is 55.9 Å². The molecule has 18 rings (SSSR count). The molecule has 0 aliphatic carbocycles. The molecular formula is C82H50N2. The molecular weight excluding hydrogens is 1010 g/mol. The zero-order valence-electron chi connectivity index (χ0n) is 45.8. The molecule has 16 aromatic carbocycles. The number of hydrogen-bond donors (Lipinski definition) is 0. The Morgan fingerprint density at radius 2 is 0.536 bits per heavy atom. The molecule has 0 aliphatic heterocycles. The highest BCUT2D eigenvalue weighted by Gasteiger charge is 2.22. The Labute approximate surface area is 484 Å². The van der Waals surface area contributed by atoms with Crippen molar-refractivity contribution >= 4 is 119 Å². The summed E-state index contributed by atoms with van der Waals surface area (Å²) >= 11 is 0. The van der Waals surface area contributed by atoms with E-state index in [-0.39, 0.29) is 0 Å². The Morgan fingerprint density at radius 1 is 0.167 bits per heavy atom. The monoisotopic (exact) mass is 1060 g/mol. The molecule has 0 fully saturated rings. The topological polar surface area (TPSA) is 9.86 Å².